The lowest BCUT2D eigenvalue weighted by Crippen LogP contribution is -2.16. The molecule has 1 aliphatic heterocycles. The van der Waals surface area contributed by atoms with Gasteiger partial charge in [0.05, 0.1) is 11.2 Å². The number of hydrogen-bond acceptors (Lipinski definition) is 5. The van der Waals surface area contributed by atoms with E-state index in [1.54, 1.807) is 12.1 Å². The lowest BCUT2D eigenvalue weighted by Gasteiger charge is -2.26. The van der Waals surface area contributed by atoms with E-state index in [4.69, 9.17) is 26.7 Å². The van der Waals surface area contributed by atoms with Gasteiger partial charge in [0.1, 0.15) is 11.0 Å². The fraction of sp³-hybridized carbons (Fsp3) is 0.238. The first-order chi connectivity index (χ1) is 14.1. The normalized spacial score (nSPS) is 14.9. The number of fused-ring (bicyclic) bond motifs is 1. The number of anilines is 1. The van der Waals surface area contributed by atoms with Gasteiger partial charge in [-0.3, -0.25) is 0 Å². The monoisotopic (exact) mass is 541 g/mol. The Bertz CT molecular complexity index is 1060. The molecular weight excluding hydrogens is 524 g/mol. The van der Waals surface area contributed by atoms with Crippen LogP contribution in [-0.2, 0) is 4.74 Å². The third kappa shape index (κ3) is 4.23. The van der Waals surface area contributed by atoms with Gasteiger partial charge in [-0.25, -0.2) is 9.37 Å². The van der Waals surface area contributed by atoms with Crippen molar-refractivity contribution in [2.24, 2.45) is 0 Å². The largest absolute Gasteiger partial charge is 0.381 e. The van der Waals surface area contributed by atoms with E-state index in [9.17, 15) is 4.39 Å². The first kappa shape index (κ1) is 20.8. The number of benzene rings is 2. The number of nitrogens with one attached hydrogen (secondary N) is 2. The second kappa shape index (κ2) is 9.16. The van der Waals surface area contributed by atoms with E-state index in [0.29, 0.717) is 18.4 Å². The number of pyridine rings is 1. The molecule has 0 atom stereocenters. The maximum Gasteiger partial charge on any atom is 0.133 e. The fourth-order valence-electron chi connectivity index (χ4n) is 3.85. The van der Waals surface area contributed by atoms with Crippen LogP contribution in [-0.4, -0.2) is 24.4 Å². The third-order valence-corrected chi connectivity index (χ3v) is 6.46. The first-order valence-electron chi connectivity index (χ1n) is 9.17. The molecule has 1 aliphatic rings. The summed E-state index contributed by atoms with van der Waals surface area (Å²) >= 11 is 8.87. The van der Waals surface area contributed by atoms with E-state index in [0.717, 1.165) is 51.7 Å². The quantitative estimate of drug-likeness (QED) is 0.158. The average Bonchev–Trinajstić information content (AvgIpc) is 2.74. The Morgan fingerprint density at radius 1 is 1.24 bits per heavy atom. The van der Waals surface area contributed by atoms with Crippen molar-refractivity contribution in [2.75, 3.05) is 17.9 Å². The summed E-state index contributed by atoms with van der Waals surface area (Å²) in [6.45, 7) is 1.37. The summed E-state index contributed by atoms with van der Waals surface area (Å²) in [4.78, 5) is 4.70. The van der Waals surface area contributed by atoms with Gasteiger partial charge in [-0.1, -0.05) is 23.7 Å². The molecule has 4 nitrogen and oxygen atoms in total. The van der Waals surface area contributed by atoms with Crippen LogP contribution in [0.5, 0.6) is 0 Å². The van der Waals surface area contributed by atoms with Crippen molar-refractivity contribution in [2.45, 2.75) is 18.8 Å². The van der Waals surface area contributed by atoms with E-state index in [1.165, 1.54) is 27.5 Å². The third-order valence-electron chi connectivity index (χ3n) is 5.21. The van der Waals surface area contributed by atoms with Crippen molar-refractivity contribution in [3.05, 3.63) is 58.5 Å². The van der Waals surface area contributed by atoms with E-state index in [-0.39, 0.29) is 11.7 Å². The van der Waals surface area contributed by atoms with Crippen LogP contribution in [0.15, 0.2) is 36.4 Å². The van der Waals surface area contributed by atoms with Gasteiger partial charge in [0, 0.05) is 66.3 Å². The zero-order valence-corrected chi connectivity index (χ0v) is 19.1. The van der Waals surface area contributed by atoms with Crippen LogP contribution in [0.2, 0.25) is 5.15 Å². The van der Waals surface area contributed by atoms with E-state index < -0.39 is 0 Å². The number of halogens is 3. The highest BCUT2D eigenvalue weighted by atomic mass is 127. The van der Waals surface area contributed by atoms with Crippen molar-refractivity contribution in [3.8, 4) is 11.1 Å². The number of aromatic nitrogens is 1. The molecule has 1 aromatic heterocycles. The highest BCUT2D eigenvalue weighted by Crippen LogP contribution is 2.43. The van der Waals surface area contributed by atoms with Crippen LogP contribution < -0.4 is 4.72 Å². The number of ether oxygens (including phenoxy) is 1. The Kier molecular flexibility index (Phi) is 6.58. The number of rotatable bonds is 5. The van der Waals surface area contributed by atoms with E-state index in [1.807, 2.05) is 12.1 Å². The molecule has 1 saturated heterocycles. The van der Waals surface area contributed by atoms with Crippen LogP contribution >= 0.6 is 41.9 Å². The average molecular weight is 542 g/mol. The molecule has 2 aromatic carbocycles. The van der Waals surface area contributed by atoms with Crippen molar-refractivity contribution in [3.63, 3.8) is 0 Å². The second-order valence-corrected chi connectivity index (χ2v) is 8.90. The van der Waals surface area contributed by atoms with Crippen LogP contribution in [0.3, 0.4) is 0 Å². The Labute approximate surface area is 189 Å². The minimum Gasteiger partial charge on any atom is -0.381 e. The molecule has 3 aromatic rings. The first-order valence-corrected chi connectivity index (χ1v) is 12.9. The SMILES string of the molecule is N=Cc1cc2c(-c3ccc(F)cc3)c(C3CCOCC3)c(Cl)nc2cc1NSI. The van der Waals surface area contributed by atoms with Gasteiger partial charge < -0.3 is 14.9 Å². The van der Waals surface area contributed by atoms with Crippen LogP contribution in [0.1, 0.15) is 29.9 Å². The highest BCUT2D eigenvalue weighted by molar-refractivity contribution is 14.2. The summed E-state index contributed by atoms with van der Waals surface area (Å²) in [5.41, 5.74) is 5.13. The summed E-state index contributed by atoms with van der Waals surface area (Å²) in [5.74, 6) is -0.0594. The van der Waals surface area contributed by atoms with Gasteiger partial charge in [0.2, 0.25) is 0 Å². The molecular formula is C21H18ClFIN3OS. The Hall–Kier alpha value is -1.42. The van der Waals surface area contributed by atoms with Gasteiger partial charge in [0.15, 0.2) is 0 Å². The standard InChI is InChI=1S/C21H18ClFIN3OS/c22-21-20(13-5-7-28-8-6-13)19(12-1-3-15(23)4-2-12)16-9-14(11-25)17(27-29-24)10-18(16)26-21/h1-4,9-11,13,25,27H,5-8H2. The van der Waals surface area contributed by atoms with Gasteiger partial charge in [0.25, 0.3) is 0 Å². The molecule has 4 rings (SSSR count). The lowest BCUT2D eigenvalue weighted by atomic mass is 9.85. The van der Waals surface area contributed by atoms with Crippen molar-refractivity contribution in [1.82, 2.24) is 4.98 Å². The molecule has 2 heterocycles. The predicted molar refractivity (Wildman–Crippen MR) is 128 cm³/mol. The van der Waals surface area contributed by atoms with Crippen LogP contribution in [0, 0.1) is 11.2 Å². The van der Waals surface area contributed by atoms with Gasteiger partial charge in [-0.2, -0.15) is 0 Å². The topological polar surface area (TPSA) is 58.0 Å². The molecule has 0 bridgehead atoms. The second-order valence-electron chi connectivity index (χ2n) is 6.86. The Morgan fingerprint density at radius 3 is 2.62 bits per heavy atom. The molecule has 0 radical (unpaired) electrons. The van der Waals surface area contributed by atoms with Gasteiger partial charge in [-0.15, -0.1) is 0 Å². The Balaban J connectivity index is 2.03. The Morgan fingerprint density at radius 2 is 1.97 bits per heavy atom. The predicted octanol–water partition coefficient (Wildman–Crippen LogP) is 7.00. The summed E-state index contributed by atoms with van der Waals surface area (Å²) < 4.78 is 22.3. The smallest absolute Gasteiger partial charge is 0.133 e. The number of hydrogen-bond donors (Lipinski definition) is 2. The van der Waals surface area contributed by atoms with E-state index >= 15 is 0 Å². The summed E-state index contributed by atoms with van der Waals surface area (Å²) in [5, 5.41) is 9.22. The molecule has 29 heavy (non-hydrogen) atoms. The van der Waals surface area contributed by atoms with Gasteiger partial charge >= 0.3 is 0 Å². The molecule has 0 unspecified atom stereocenters. The summed E-state index contributed by atoms with van der Waals surface area (Å²) in [6, 6.07) is 10.4. The van der Waals surface area contributed by atoms with Crippen LogP contribution in [0.25, 0.3) is 22.0 Å². The molecule has 0 amide bonds. The number of nitrogens with zero attached hydrogens (tertiary/aromatic N) is 1. The van der Waals surface area contributed by atoms with Crippen molar-refractivity contribution >= 4 is 64.7 Å². The molecule has 1 fully saturated rings. The van der Waals surface area contributed by atoms with Gasteiger partial charge in [-0.05, 0) is 54.2 Å². The molecule has 150 valence electrons. The summed E-state index contributed by atoms with van der Waals surface area (Å²) in [6.07, 6.45) is 3.05. The van der Waals surface area contributed by atoms with E-state index in [2.05, 4.69) is 25.9 Å². The van der Waals surface area contributed by atoms with Crippen LogP contribution in [0.4, 0.5) is 10.1 Å². The zero-order valence-electron chi connectivity index (χ0n) is 15.3. The molecule has 2 N–H and O–H groups in total. The maximum atomic E-state index is 13.6. The molecule has 0 spiro atoms. The minimum absolute atomic E-state index is 0.222. The summed E-state index contributed by atoms with van der Waals surface area (Å²) in [7, 11) is 1.43. The molecule has 0 saturated carbocycles. The zero-order chi connectivity index (χ0) is 20.4. The van der Waals surface area contributed by atoms with Crippen molar-refractivity contribution in [1.29, 1.82) is 5.41 Å². The van der Waals surface area contributed by atoms with Crippen molar-refractivity contribution < 1.29 is 9.13 Å². The lowest BCUT2D eigenvalue weighted by molar-refractivity contribution is 0.0854. The maximum absolute atomic E-state index is 13.6. The highest BCUT2D eigenvalue weighted by Gasteiger charge is 2.25. The minimum atomic E-state index is -0.281. The fourth-order valence-corrected chi connectivity index (χ4v) is 5.16. The molecule has 0 aliphatic carbocycles. The molecule has 8 heteroatoms.